The van der Waals surface area contributed by atoms with Crippen LogP contribution in [0.5, 0.6) is 11.5 Å². The summed E-state index contributed by atoms with van der Waals surface area (Å²) in [5, 5.41) is 21.2. The SMILES string of the molecule is COc1cc(CNC(CO)CO)c(SC)cc1OC. The molecule has 0 saturated carbocycles. The molecule has 0 aliphatic heterocycles. The van der Waals surface area contributed by atoms with Gasteiger partial charge >= 0.3 is 0 Å². The van der Waals surface area contributed by atoms with Gasteiger partial charge < -0.3 is 25.0 Å². The van der Waals surface area contributed by atoms with Crippen molar-refractivity contribution >= 4 is 11.8 Å². The van der Waals surface area contributed by atoms with Crippen LogP contribution in [0.4, 0.5) is 0 Å². The summed E-state index contributed by atoms with van der Waals surface area (Å²) >= 11 is 1.61. The van der Waals surface area contributed by atoms with Crippen LogP contribution in [-0.4, -0.2) is 49.9 Å². The zero-order chi connectivity index (χ0) is 14.3. The number of ether oxygens (including phenoxy) is 2. The van der Waals surface area contributed by atoms with Gasteiger partial charge in [0.25, 0.3) is 0 Å². The summed E-state index contributed by atoms with van der Waals surface area (Å²) in [5.41, 5.74) is 1.04. The van der Waals surface area contributed by atoms with Crippen molar-refractivity contribution in [3.63, 3.8) is 0 Å². The number of nitrogens with one attached hydrogen (secondary N) is 1. The van der Waals surface area contributed by atoms with E-state index in [1.807, 2.05) is 18.4 Å². The van der Waals surface area contributed by atoms with Crippen molar-refractivity contribution in [2.75, 3.05) is 33.7 Å². The van der Waals surface area contributed by atoms with Crippen molar-refractivity contribution in [1.82, 2.24) is 5.32 Å². The zero-order valence-corrected chi connectivity index (χ0v) is 12.3. The van der Waals surface area contributed by atoms with Gasteiger partial charge in [-0.05, 0) is 24.0 Å². The van der Waals surface area contributed by atoms with E-state index in [0.717, 1.165) is 10.5 Å². The normalized spacial score (nSPS) is 10.8. The van der Waals surface area contributed by atoms with Gasteiger partial charge in [0.05, 0.1) is 33.5 Å². The van der Waals surface area contributed by atoms with Crippen LogP contribution in [-0.2, 0) is 6.54 Å². The molecule has 0 spiro atoms. The Hall–Kier alpha value is -0.950. The predicted octanol–water partition coefficient (Wildman–Crippen LogP) is 0.869. The van der Waals surface area contributed by atoms with E-state index in [1.165, 1.54) is 0 Å². The molecule has 0 saturated heterocycles. The lowest BCUT2D eigenvalue weighted by atomic mass is 10.2. The van der Waals surface area contributed by atoms with Crippen LogP contribution < -0.4 is 14.8 Å². The Morgan fingerprint density at radius 1 is 1.16 bits per heavy atom. The van der Waals surface area contributed by atoms with Gasteiger partial charge in [0.1, 0.15) is 0 Å². The van der Waals surface area contributed by atoms with Gasteiger partial charge in [-0.15, -0.1) is 11.8 Å². The van der Waals surface area contributed by atoms with Crippen molar-refractivity contribution in [3.05, 3.63) is 17.7 Å². The molecular weight excluding hydrogens is 266 g/mol. The first-order chi connectivity index (χ1) is 9.19. The monoisotopic (exact) mass is 287 g/mol. The minimum absolute atomic E-state index is 0.0988. The third-order valence-corrected chi connectivity index (χ3v) is 3.63. The molecule has 5 nitrogen and oxygen atoms in total. The van der Waals surface area contributed by atoms with Crippen LogP contribution in [0.25, 0.3) is 0 Å². The Labute approximate surface area is 117 Å². The van der Waals surface area contributed by atoms with E-state index in [-0.39, 0.29) is 19.3 Å². The highest BCUT2D eigenvalue weighted by atomic mass is 32.2. The van der Waals surface area contributed by atoms with Crippen LogP contribution in [0, 0.1) is 0 Å². The molecule has 108 valence electrons. The largest absolute Gasteiger partial charge is 0.493 e. The molecule has 0 atom stereocenters. The molecule has 0 bridgehead atoms. The maximum atomic E-state index is 9.04. The Morgan fingerprint density at radius 3 is 2.21 bits per heavy atom. The first-order valence-corrected chi connectivity index (χ1v) is 7.16. The Morgan fingerprint density at radius 2 is 1.74 bits per heavy atom. The fourth-order valence-corrected chi connectivity index (χ4v) is 2.29. The number of aliphatic hydroxyl groups excluding tert-OH is 2. The van der Waals surface area contributed by atoms with Crippen molar-refractivity contribution in [2.45, 2.75) is 17.5 Å². The third-order valence-electron chi connectivity index (χ3n) is 2.81. The molecule has 6 heteroatoms. The Kier molecular flexibility index (Phi) is 7.01. The smallest absolute Gasteiger partial charge is 0.161 e. The van der Waals surface area contributed by atoms with Crippen LogP contribution in [0.1, 0.15) is 5.56 Å². The van der Waals surface area contributed by atoms with Crippen molar-refractivity contribution in [1.29, 1.82) is 0 Å². The Balaban J connectivity index is 2.92. The highest BCUT2D eigenvalue weighted by Crippen LogP contribution is 2.34. The molecule has 3 N–H and O–H groups in total. The van der Waals surface area contributed by atoms with Crippen molar-refractivity contribution < 1.29 is 19.7 Å². The van der Waals surface area contributed by atoms with E-state index in [4.69, 9.17) is 19.7 Å². The lowest BCUT2D eigenvalue weighted by Gasteiger charge is -2.17. The number of methoxy groups -OCH3 is 2. The fourth-order valence-electron chi connectivity index (χ4n) is 1.67. The van der Waals surface area contributed by atoms with E-state index in [2.05, 4.69) is 5.32 Å². The average molecular weight is 287 g/mol. The summed E-state index contributed by atoms with van der Waals surface area (Å²) in [6.45, 7) is 0.346. The summed E-state index contributed by atoms with van der Waals surface area (Å²) < 4.78 is 10.5. The van der Waals surface area contributed by atoms with Crippen LogP contribution >= 0.6 is 11.8 Å². The molecule has 0 aliphatic carbocycles. The molecule has 0 radical (unpaired) electrons. The minimum atomic E-state index is -0.317. The second-order valence-electron chi connectivity index (χ2n) is 3.96. The molecule has 0 fully saturated rings. The third kappa shape index (κ3) is 4.28. The number of thioether (sulfide) groups is 1. The first kappa shape index (κ1) is 16.1. The molecule has 1 rings (SSSR count). The topological polar surface area (TPSA) is 71.0 Å². The Bertz CT molecular complexity index is 396. The average Bonchev–Trinajstić information content (AvgIpc) is 2.47. The molecule has 0 aliphatic rings. The van der Waals surface area contributed by atoms with E-state index >= 15 is 0 Å². The van der Waals surface area contributed by atoms with Gasteiger partial charge in [0, 0.05) is 11.4 Å². The summed E-state index contributed by atoms with van der Waals surface area (Å²) in [6.07, 6.45) is 1.99. The van der Waals surface area contributed by atoms with Crippen LogP contribution in [0.2, 0.25) is 0 Å². The van der Waals surface area contributed by atoms with Gasteiger partial charge in [0.15, 0.2) is 11.5 Å². The first-order valence-electron chi connectivity index (χ1n) is 5.94. The summed E-state index contributed by atoms with van der Waals surface area (Å²) in [4.78, 5) is 1.07. The summed E-state index contributed by atoms with van der Waals surface area (Å²) in [7, 11) is 3.20. The highest BCUT2D eigenvalue weighted by Gasteiger charge is 2.12. The number of benzene rings is 1. The van der Waals surface area contributed by atoms with Crippen molar-refractivity contribution in [2.24, 2.45) is 0 Å². The van der Waals surface area contributed by atoms with Gasteiger partial charge in [-0.3, -0.25) is 0 Å². The van der Waals surface area contributed by atoms with Crippen LogP contribution in [0.3, 0.4) is 0 Å². The maximum absolute atomic E-state index is 9.04. The van der Waals surface area contributed by atoms with E-state index in [9.17, 15) is 0 Å². The van der Waals surface area contributed by atoms with E-state index in [0.29, 0.717) is 18.0 Å². The summed E-state index contributed by atoms with van der Waals surface area (Å²) in [5.74, 6) is 1.36. The van der Waals surface area contributed by atoms with Gasteiger partial charge in [-0.2, -0.15) is 0 Å². The predicted molar refractivity (Wildman–Crippen MR) is 76.1 cm³/mol. The van der Waals surface area contributed by atoms with E-state index < -0.39 is 0 Å². The number of hydrogen-bond donors (Lipinski definition) is 3. The second-order valence-corrected chi connectivity index (χ2v) is 4.81. The lowest BCUT2D eigenvalue weighted by molar-refractivity contribution is 0.170. The molecule has 0 unspecified atom stereocenters. The van der Waals surface area contributed by atoms with Gasteiger partial charge in [0.2, 0.25) is 0 Å². The number of rotatable bonds is 8. The fraction of sp³-hybridized carbons (Fsp3) is 0.538. The molecule has 19 heavy (non-hydrogen) atoms. The molecular formula is C13H21NO4S. The number of hydrogen-bond acceptors (Lipinski definition) is 6. The molecule has 0 amide bonds. The quantitative estimate of drug-likeness (QED) is 0.616. The van der Waals surface area contributed by atoms with Crippen LogP contribution in [0.15, 0.2) is 17.0 Å². The number of aliphatic hydroxyl groups is 2. The van der Waals surface area contributed by atoms with E-state index in [1.54, 1.807) is 26.0 Å². The summed E-state index contributed by atoms with van der Waals surface area (Å²) in [6, 6.07) is 3.51. The van der Waals surface area contributed by atoms with Gasteiger partial charge in [-0.1, -0.05) is 0 Å². The van der Waals surface area contributed by atoms with Crippen molar-refractivity contribution in [3.8, 4) is 11.5 Å². The molecule has 1 aromatic carbocycles. The lowest BCUT2D eigenvalue weighted by Crippen LogP contribution is -2.35. The standard InChI is InChI=1S/C13H21NO4S/c1-17-11-4-9(6-14-10(7-15)8-16)13(19-3)5-12(11)18-2/h4-5,10,14-16H,6-8H2,1-3H3. The molecule has 0 aromatic heterocycles. The van der Waals surface area contributed by atoms with Gasteiger partial charge in [-0.25, -0.2) is 0 Å². The maximum Gasteiger partial charge on any atom is 0.161 e. The molecule has 1 aromatic rings. The second kappa shape index (κ2) is 8.27. The highest BCUT2D eigenvalue weighted by molar-refractivity contribution is 7.98. The zero-order valence-electron chi connectivity index (χ0n) is 11.5. The molecule has 0 heterocycles. The minimum Gasteiger partial charge on any atom is -0.493 e.